The topological polar surface area (TPSA) is 79.8 Å². The van der Waals surface area contributed by atoms with Crippen LogP contribution in [-0.4, -0.2) is 20.7 Å². The van der Waals surface area contributed by atoms with E-state index < -0.39 is 5.25 Å². The van der Waals surface area contributed by atoms with Crippen molar-refractivity contribution in [2.75, 3.05) is 5.32 Å². The van der Waals surface area contributed by atoms with Crippen LogP contribution < -0.4 is 11.0 Å². The molecule has 7 heteroatoms. The number of anilines is 1. The van der Waals surface area contributed by atoms with Crippen molar-refractivity contribution >= 4 is 23.4 Å². The lowest BCUT2D eigenvalue weighted by atomic mass is 10.1. The molecule has 3 rings (SSSR count). The van der Waals surface area contributed by atoms with E-state index in [0.717, 1.165) is 35.2 Å². The number of nitrogens with zero attached hydrogens (tertiary/aromatic N) is 2. The van der Waals surface area contributed by atoms with Gasteiger partial charge in [-0.2, -0.15) is 0 Å². The van der Waals surface area contributed by atoms with Gasteiger partial charge in [-0.3, -0.25) is 9.36 Å². The Kier molecular flexibility index (Phi) is 6.93. The molecule has 1 heterocycles. The standard InChI is InChI=1S/C22H26N4O2S/c1-4-5-13-26-21(28)24-25-22(26)29-19(17-9-7-6-8-10-17)20(27)23-18-14-15(2)11-12-16(18)3/h6-12,14,19H,4-5,13H2,1-3H3,(H,23,27)(H,24,28)/t19-/m0/s1. The summed E-state index contributed by atoms with van der Waals surface area (Å²) in [5.41, 5.74) is 3.48. The van der Waals surface area contributed by atoms with Crippen LogP contribution in [0.3, 0.4) is 0 Å². The third kappa shape index (κ3) is 5.17. The summed E-state index contributed by atoms with van der Waals surface area (Å²) in [6.45, 7) is 6.61. The van der Waals surface area contributed by atoms with Crippen molar-refractivity contribution in [2.45, 2.75) is 50.6 Å². The van der Waals surface area contributed by atoms with Crippen LogP contribution in [0.5, 0.6) is 0 Å². The van der Waals surface area contributed by atoms with Crippen molar-refractivity contribution < 1.29 is 4.79 Å². The molecule has 1 atom stereocenters. The van der Waals surface area contributed by atoms with Gasteiger partial charge in [0, 0.05) is 12.2 Å². The first-order valence-corrected chi connectivity index (χ1v) is 10.6. The first-order chi connectivity index (χ1) is 14.0. The van der Waals surface area contributed by atoms with Crippen molar-refractivity contribution in [3.05, 3.63) is 75.7 Å². The monoisotopic (exact) mass is 410 g/mol. The Balaban J connectivity index is 1.91. The van der Waals surface area contributed by atoms with Gasteiger partial charge in [0.05, 0.1) is 0 Å². The molecule has 2 aromatic carbocycles. The number of amides is 1. The average molecular weight is 411 g/mol. The second kappa shape index (κ2) is 9.60. The van der Waals surface area contributed by atoms with Gasteiger partial charge < -0.3 is 5.32 Å². The normalized spacial score (nSPS) is 12.0. The Morgan fingerprint density at radius 2 is 1.97 bits per heavy atom. The van der Waals surface area contributed by atoms with Gasteiger partial charge in [0.25, 0.3) is 0 Å². The number of carbonyl (C=O) groups is 1. The van der Waals surface area contributed by atoms with Crippen molar-refractivity contribution in [1.29, 1.82) is 0 Å². The number of rotatable bonds is 8. The maximum Gasteiger partial charge on any atom is 0.343 e. The lowest BCUT2D eigenvalue weighted by Gasteiger charge is -2.18. The highest BCUT2D eigenvalue weighted by molar-refractivity contribution is 8.00. The molecule has 0 spiro atoms. The van der Waals surface area contributed by atoms with Gasteiger partial charge in [-0.15, -0.1) is 5.10 Å². The van der Waals surface area contributed by atoms with Crippen molar-refractivity contribution in [3.63, 3.8) is 0 Å². The third-order valence-electron chi connectivity index (χ3n) is 4.67. The van der Waals surface area contributed by atoms with Gasteiger partial charge in [0.15, 0.2) is 5.16 Å². The Morgan fingerprint density at radius 1 is 1.21 bits per heavy atom. The van der Waals surface area contributed by atoms with E-state index >= 15 is 0 Å². The maximum absolute atomic E-state index is 13.3. The molecule has 152 valence electrons. The van der Waals surface area contributed by atoms with Crippen LogP contribution in [0.1, 0.15) is 41.7 Å². The van der Waals surface area contributed by atoms with E-state index in [-0.39, 0.29) is 11.6 Å². The van der Waals surface area contributed by atoms with Crippen LogP contribution in [-0.2, 0) is 11.3 Å². The molecular weight excluding hydrogens is 384 g/mol. The zero-order valence-corrected chi connectivity index (χ0v) is 17.8. The highest BCUT2D eigenvalue weighted by atomic mass is 32.2. The lowest BCUT2D eigenvalue weighted by Crippen LogP contribution is -2.21. The fourth-order valence-electron chi connectivity index (χ4n) is 2.98. The molecule has 0 aliphatic carbocycles. The maximum atomic E-state index is 13.3. The summed E-state index contributed by atoms with van der Waals surface area (Å²) in [7, 11) is 0. The molecule has 6 nitrogen and oxygen atoms in total. The fraction of sp³-hybridized carbons (Fsp3) is 0.318. The van der Waals surface area contributed by atoms with E-state index in [4.69, 9.17) is 0 Å². The molecule has 0 aliphatic heterocycles. The van der Waals surface area contributed by atoms with Crippen LogP contribution in [0.2, 0.25) is 0 Å². The molecule has 0 fully saturated rings. The zero-order chi connectivity index (χ0) is 20.8. The Morgan fingerprint density at radius 3 is 2.69 bits per heavy atom. The SMILES string of the molecule is CCCCn1c(S[C@H](C(=O)Nc2cc(C)ccc2C)c2ccccc2)n[nH]c1=O. The van der Waals surface area contributed by atoms with E-state index in [1.54, 1.807) is 4.57 Å². The highest BCUT2D eigenvalue weighted by Crippen LogP contribution is 2.35. The molecule has 3 aromatic rings. The number of H-pyrrole nitrogens is 1. The summed E-state index contributed by atoms with van der Waals surface area (Å²) in [6, 6.07) is 15.5. The molecule has 1 amide bonds. The summed E-state index contributed by atoms with van der Waals surface area (Å²) in [6.07, 6.45) is 1.84. The van der Waals surface area contributed by atoms with Gasteiger partial charge in [0.2, 0.25) is 5.91 Å². The molecule has 0 radical (unpaired) electrons. The quantitative estimate of drug-likeness (QED) is 0.537. The Bertz CT molecular complexity index is 1030. The minimum Gasteiger partial charge on any atom is -0.325 e. The van der Waals surface area contributed by atoms with E-state index in [1.807, 2.05) is 62.4 Å². The number of benzene rings is 2. The summed E-state index contributed by atoms with van der Waals surface area (Å²) < 4.78 is 1.61. The molecule has 0 bridgehead atoms. The molecule has 0 unspecified atom stereocenters. The zero-order valence-electron chi connectivity index (χ0n) is 16.9. The van der Waals surface area contributed by atoms with Gasteiger partial charge in [-0.05, 0) is 43.0 Å². The van der Waals surface area contributed by atoms with Crippen LogP contribution >= 0.6 is 11.8 Å². The van der Waals surface area contributed by atoms with E-state index in [9.17, 15) is 9.59 Å². The van der Waals surface area contributed by atoms with Crippen LogP contribution in [0.4, 0.5) is 5.69 Å². The molecular formula is C22H26N4O2S. The first-order valence-electron chi connectivity index (χ1n) is 9.74. The summed E-state index contributed by atoms with van der Waals surface area (Å²) in [5.74, 6) is -0.146. The number of aromatic nitrogens is 3. The van der Waals surface area contributed by atoms with Crippen molar-refractivity contribution in [1.82, 2.24) is 14.8 Å². The number of nitrogens with one attached hydrogen (secondary N) is 2. The molecule has 1 aromatic heterocycles. The number of thioether (sulfide) groups is 1. The minimum absolute atomic E-state index is 0.146. The van der Waals surface area contributed by atoms with Crippen molar-refractivity contribution in [3.8, 4) is 0 Å². The van der Waals surface area contributed by atoms with Crippen molar-refractivity contribution in [2.24, 2.45) is 0 Å². The molecule has 2 N–H and O–H groups in total. The second-order valence-electron chi connectivity index (χ2n) is 7.03. The van der Waals surface area contributed by atoms with Gasteiger partial charge in [0.1, 0.15) is 5.25 Å². The van der Waals surface area contributed by atoms with Crippen LogP contribution in [0, 0.1) is 13.8 Å². The number of aryl methyl sites for hydroxylation is 2. The Labute approximate surface area is 174 Å². The summed E-state index contributed by atoms with van der Waals surface area (Å²) in [5, 5.41) is 9.72. The van der Waals surface area contributed by atoms with E-state index in [2.05, 4.69) is 22.4 Å². The van der Waals surface area contributed by atoms with E-state index in [1.165, 1.54) is 11.8 Å². The molecule has 0 aliphatic rings. The van der Waals surface area contributed by atoms with Gasteiger partial charge in [-0.25, -0.2) is 9.89 Å². The average Bonchev–Trinajstić information content (AvgIpc) is 3.07. The molecule has 0 saturated heterocycles. The van der Waals surface area contributed by atoms with Crippen LogP contribution in [0.15, 0.2) is 58.5 Å². The number of hydrogen-bond donors (Lipinski definition) is 2. The van der Waals surface area contributed by atoms with E-state index in [0.29, 0.717) is 11.7 Å². The van der Waals surface area contributed by atoms with Gasteiger partial charge >= 0.3 is 5.69 Å². The largest absolute Gasteiger partial charge is 0.343 e. The fourth-order valence-corrected chi connectivity index (χ4v) is 4.05. The van der Waals surface area contributed by atoms with Gasteiger partial charge in [-0.1, -0.05) is 67.6 Å². The molecule has 29 heavy (non-hydrogen) atoms. The van der Waals surface area contributed by atoms with Crippen LogP contribution in [0.25, 0.3) is 0 Å². The summed E-state index contributed by atoms with van der Waals surface area (Å²) in [4.78, 5) is 25.4. The predicted octanol–water partition coefficient (Wildman–Crippen LogP) is 4.46. The minimum atomic E-state index is -0.535. The lowest BCUT2D eigenvalue weighted by molar-refractivity contribution is -0.115. The number of carbonyl (C=O) groups excluding carboxylic acids is 1. The number of unbranched alkanes of at least 4 members (excludes halogenated alkanes) is 1. The second-order valence-corrected chi connectivity index (χ2v) is 8.10. The first kappa shape index (κ1) is 20.9. The smallest absolute Gasteiger partial charge is 0.325 e. The Hall–Kier alpha value is -2.80. The predicted molar refractivity (Wildman–Crippen MR) is 117 cm³/mol. The highest BCUT2D eigenvalue weighted by Gasteiger charge is 2.25. The summed E-state index contributed by atoms with van der Waals surface area (Å²) >= 11 is 1.29. The number of aromatic amines is 1. The third-order valence-corrected chi connectivity index (χ3v) is 5.92. The number of hydrogen-bond acceptors (Lipinski definition) is 4. The molecule has 0 saturated carbocycles.